The average Bonchev–Trinajstić information content (AvgIpc) is 2.37. The number of nitrogens with one attached hydrogen (secondary N) is 1. The van der Waals surface area contributed by atoms with E-state index in [1.165, 1.54) is 16.7 Å². The second-order valence-electron chi connectivity index (χ2n) is 6.11. The van der Waals surface area contributed by atoms with Gasteiger partial charge in [0.25, 0.3) is 0 Å². The quantitative estimate of drug-likeness (QED) is 0.865. The van der Waals surface area contributed by atoms with Crippen molar-refractivity contribution >= 4 is 17.7 Å². The minimum atomic E-state index is -0.490. The minimum absolute atomic E-state index is 0.407. The third-order valence-electron chi connectivity index (χ3n) is 2.83. The normalized spacial score (nSPS) is 12.1. The van der Waals surface area contributed by atoms with Crippen LogP contribution in [0.25, 0.3) is 0 Å². The topological polar surface area (TPSA) is 38.3 Å². The van der Waals surface area contributed by atoms with E-state index in [2.05, 4.69) is 30.4 Å². The summed E-state index contributed by atoms with van der Waals surface area (Å²) in [6.07, 6.45) is 1.29. The summed E-state index contributed by atoms with van der Waals surface area (Å²) < 4.78 is 5.19. The van der Waals surface area contributed by atoms with Crippen molar-refractivity contribution in [2.24, 2.45) is 0 Å². The van der Waals surface area contributed by atoms with E-state index < -0.39 is 11.7 Å². The van der Waals surface area contributed by atoms with Crippen LogP contribution in [-0.4, -0.2) is 18.2 Å². The average molecular weight is 310 g/mol. The van der Waals surface area contributed by atoms with E-state index in [0.29, 0.717) is 6.54 Å². The zero-order valence-corrected chi connectivity index (χ0v) is 14.0. The van der Waals surface area contributed by atoms with Crippen LogP contribution in [0.3, 0.4) is 0 Å². The fraction of sp³-hybridized carbons (Fsp3) is 0.471. The molecule has 0 aliphatic heterocycles. The summed E-state index contributed by atoms with van der Waals surface area (Å²) in [4.78, 5) is 11.6. The lowest BCUT2D eigenvalue weighted by molar-refractivity contribution is 0.0532. The number of amides is 1. The van der Waals surface area contributed by atoms with Gasteiger partial charge in [-0.1, -0.05) is 41.4 Å². The zero-order chi connectivity index (χ0) is 15.9. The van der Waals surface area contributed by atoms with Crippen molar-refractivity contribution in [2.45, 2.75) is 46.1 Å². The second kappa shape index (κ2) is 8.08. The van der Waals surface area contributed by atoms with Crippen LogP contribution >= 0.6 is 11.6 Å². The van der Waals surface area contributed by atoms with Crippen molar-refractivity contribution in [3.8, 4) is 0 Å². The Hall–Kier alpha value is -1.48. The monoisotopic (exact) mass is 309 g/mol. The van der Waals surface area contributed by atoms with Gasteiger partial charge in [-0.15, -0.1) is 0 Å². The number of hydrogen-bond acceptors (Lipinski definition) is 2. The van der Waals surface area contributed by atoms with Crippen LogP contribution in [0.2, 0.25) is 0 Å². The highest BCUT2D eigenvalue weighted by atomic mass is 35.5. The molecule has 0 aromatic heterocycles. The van der Waals surface area contributed by atoms with Gasteiger partial charge in [0.1, 0.15) is 5.60 Å². The van der Waals surface area contributed by atoms with E-state index in [0.717, 1.165) is 18.4 Å². The Morgan fingerprint density at radius 1 is 1.38 bits per heavy atom. The maximum atomic E-state index is 11.6. The molecule has 3 nitrogen and oxygen atoms in total. The number of carbonyl (C=O) groups excluding carboxylic acids is 1. The van der Waals surface area contributed by atoms with Gasteiger partial charge in [-0.3, -0.25) is 0 Å². The van der Waals surface area contributed by atoms with Crippen LogP contribution in [0.15, 0.2) is 35.4 Å². The molecule has 1 N–H and O–H groups in total. The van der Waals surface area contributed by atoms with E-state index in [9.17, 15) is 4.79 Å². The van der Waals surface area contributed by atoms with Crippen LogP contribution < -0.4 is 5.32 Å². The van der Waals surface area contributed by atoms with Gasteiger partial charge in [0, 0.05) is 12.1 Å². The van der Waals surface area contributed by atoms with E-state index in [-0.39, 0.29) is 0 Å². The Kier molecular flexibility index (Phi) is 6.76. The van der Waals surface area contributed by atoms with Gasteiger partial charge in [0.15, 0.2) is 0 Å². The van der Waals surface area contributed by atoms with Crippen LogP contribution in [0.4, 0.5) is 4.79 Å². The summed E-state index contributed by atoms with van der Waals surface area (Å²) in [6.45, 7) is 7.99. The van der Waals surface area contributed by atoms with E-state index in [4.69, 9.17) is 16.3 Å². The maximum absolute atomic E-state index is 11.6. The molecule has 0 fully saturated rings. The first-order chi connectivity index (χ1) is 9.80. The molecule has 0 heterocycles. The number of benzene rings is 1. The fourth-order valence-corrected chi connectivity index (χ4v) is 2.04. The molecule has 0 saturated carbocycles. The maximum Gasteiger partial charge on any atom is 0.407 e. The number of alkyl carbamates (subject to hydrolysis) is 1. The molecule has 0 spiro atoms. The number of rotatable bonds is 5. The Morgan fingerprint density at radius 2 is 2.10 bits per heavy atom. The number of halogens is 1. The highest BCUT2D eigenvalue weighted by Gasteiger charge is 2.15. The summed E-state index contributed by atoms with van der Waals surface area (Å²) in [5.74, 6) is 0. The SMILES string of the molecule is Cc1cccc(CCC(=CCl)CNC(=O)OC(C)(C)C)c1. The van der Waals surface area contributed by atoms with Gasteiger partial charge in [0.05, 0.1) is 0 Å². The molecule has 1 aromatic rings. The number of carbonyl (C=O) groups is 1. The lowest BCUT2D eigenvalue weighted by atomic mass is 10.0. The van der Waals surface area contributed by atoms with Crippen molar-refractivity contribution in [1.82, 2.24) is 5.32 Å². The van der Waals surface area contributed by atoms with Crippen LogP contribution in [0.5, 0.6) is 0 Å². The van der Waals surface area contributed by atoms with Crippen LogP contribution in [0, 0.1) is 6.92 Å². The summed E-state index contributed by atoms with van der Waals surface area (Å²) in [5, 5.41) is 2.72. The van der Waals surface area contributed by atoms with Gasteiger partial charge in [-0.25, -0.2) is 4.79 Å². The molecule has 1 rings (SSSR count). The highest BCUT2D eigenvalue weighted by Crippen LogP contribution is 2.12. The summed E-state index contributed by atoms with van der Waals surface area (Å²) in [5.41, 5.74) is 4.53. The molecule has 116 valence electrons. The molecule has 0 aliphatic rings. The largest absolute Gasteiger partial charge is 0.444 e. The number of ether oxygens (including phenoxy) is 1. The molecule has 1 amide bonds. The van der Waals surface area contributed by atoms with Gasteiger partial charge >= 0.3 is 6.09 Å². The van der Waals surface area contributed by atoms with E-state index in [1.807, 2.05) is 26.8 Å². The standard InChI is InChI=1S/C17H24ClNO2/c1-13-6-5-7-14(10-13)8-9-15(11-18)12-19-16(20)21-17(2,3)4/h5-7,10-11H,8-9,12H2,1-4H3,(H,19,20). The second-order valence-corrected chi connectivity index (χ2v) is 6.33. The van der Waals surface area contributed by atoms with Gasteiger partial charge in [-0.2, -0.15) is 0 Å². The lowest BCUT2D eigenvalue weighted by Crippen LogP contribution is -2.33. The molecule has 0 bridgehead atoms. The highest BCUT2D eigenvalue weighted by molar-refractivity contribution is 6.25. The summed E-state index contributed by atoms with van der Waals surface area (Å²) >= 11 is 5.83. The Labute approximate surface area is 132 Å². The number of hydrogen-bond donors (Lipinski definition) is 1. The molecule has 0 unspecified atom stereocenters. The van der Waals surface area contributed by atoms with Crippen LogP contribution in [0.1, 0.15) is 38.3 Å². The summed E-state index contributed by atoms with van der Waals surface area (Å²) in [7, 11) is 0. The first-order valence-electron chi connectivity index (χ1n) is 7.10. The van der Waals surface area contributed by atoms with Crippen molar-refractivity contribution in [3.63, 3.8) is 0 Å². The molecule has 0 saturated heterocycles. The Balaban J connectivity index is 2.41. The molecule has 4 heteroatoms. The smallest absolute Gasteiger partial charge is 0.407 e. The molecule has 21 heavy (non-hydrogen) atoms. The van der Waals surface area contributed by atoms with E-state index in [1.54, 1.807) is 0 Å². The lowest BCUT2D eigenvalue weighted by Gasteiger charge is -2.20. The summed E-state index contributed by atoms with van der Waals surface area (Å²) in [6, 6.07) is 8.38. The first kappa shape index (κ1) is 17.6. The van der Waals surface area contributed by atoms with Crippen molar-refractivity contribution in [1.29, 1.82) is 0 Å². The van der Waals surface area contributed by atoms with Crippen molar-refractivity contribution in [2.75, 3.05) is 6.54 Å². The molecule has 1 aromatic carbocycles. The molecule has 0 radical (unpaired) electrons. The van der Waals surface area contributed by atoms with Crippen LogP contribution in [-0.2, 0) is 11.2 Å². The Morgan fingerprint density at radius 3 is 2.67 bits per heavy atom. The van der Waals surface area contributed by atoms with E-state index >= 15 is 0 Å². The zero-order valence-electron chi connectivity index (χ0n) is 13.2. The third-order valence-corrected chi connectivity index (χ3v) is 3.14. The van der Waals surface area contributed by atoms with Gasteiger partial charge in [0.2, 0.25) is 0 Å². The molecule has 0 atom stereocenters. The third kappa shape index (κ3) is 7.76. The fourth-order valence-electron chi connectivity index (χ4n) is 1.85. The molecular formula is C17H24ClNO2. The van der Waals surface area contributed by atoms with Crippen molar-refractivity contribution < 1.29 is 9.53 Å². The Bertz CT molecular complexity index is 504. The first-order valence-corrected chi connectivity index (χ1v) is 7.54. The molecule has 0 aliphatic carbocycles. The molecular weight excluding hydrogens is 286 g/mol. The van der Waals surface area contributed by atoms with Gasteiger partial charge in [-0.05, 0) is 51.7 Å². The van der Waals surface area contributed by atoms with Gasteiger partial charge < -0.3 is 10.1 Å². The number of aryl methyl sites for hydroxylation is 2. The minimum Gasteiger partial charge on any atom is -0.444 e. The predicted molar refractivity (Wildman–Crippen MR) is 87.7 cm³/mol. The predicted octanol–water partition coefficient (Wildman–Crippen LogP) is 4.58. The van der Waals surface area contributed by atoms with Crippen molar-refractivity contribution in [3.05, 3.63) is 46.5 Å².